The molecule has 3 N–H and O–H groups in total. The minimum Gasteiger partial charge on any atom is -0.383 e. The lowest BCUT2D eigenvalue weighted by Gasteiger charge is -2.16. The van der Waals surface area contributed by atoms with Crippen molar-refractivity contribution in [3.63, 3.8) is 0 Å². The SMILES string of the molecule is I.c1cc(NCCNC2=NCCCN2)ccn1. The normalized spacial score (nSPS) is 14.0. The van der Waals surface area contributed by atoms with Gasteiger partial charge in [0.25, 0.3) is 0 Å². The van der Waals surface area contributed by atoms with Gasteiger partial charge in [-0.2, -0.15) is 0 Å². The Kier molecular flexibility index (Phi) is 6.68. The van der Waals surface area contributed by atoms with Gasteiger partial charge in [0, 0.05) is 44.3 Å². The second-order valence-electron chi connectivity index (χ2n) is 3.60. The van der Waals surface area contributed by atoms with Crippen LogP contribution in [0.4, 0.5) is 5.69 Å². The lowest BCUT2D eigenvalue weighted by atomic mass is 10.4. The van der Waals surface area contributed by atoms with Crippen molar-refractivity contribution in [2.75, 3.05) is 31.5 Å². The molecule has 0 aliphatic carbocycles. The highest BCUT2D eigenvalue weighted by Crippen LogP contribution is 2.01. The van der Waals surface area contributed by atoms with Crippen LogP contribution in [0.2, 0.25) is 0 Å². The highest BCUT2D eigenvalue weighted by Gasteiger charge is 2.01. The fourth-order valence-corrected chi connectivity index (χ4v) is 1.51. The number of anilines is 1. The average molecular weight is 347 g/mol. The minimum absolute atomic E-state index is 0. The van der Waals surface area contributed by atoms with Crippen molar-refractivity contribution in [2.45, 2.75) is 6.42 Å². The summed E-state index contributed by atoms with van der Waals surface area (Å²) in [7, 11) is 0. The van der Waals surface area contributed by atoms with E-state index in [1.807, 2.05) is 12.1 Å². The van der Waals surface area contributed by atoms with Gasteiger partial charge in [0.15, 0.2) is 5.96 Å². The Morgan fingerprint density at radius 1 is 1.18 bits per heavy atom. The molecule has 0 atom stereocenters. The number of pyridine rings is 1. The lowest BCUT2D eigenvalue weighted by molar-refractivity contribution is 0.705. The number of guanidine groups is 1. The van der Waals surface area contributed by atoms with E-state index in [1.165, 1.54) is 0 Å². The molecule has 0 radical (unpaired) electrons. The second kappa shape index (κ2) is 8.10. The van der Waals surface area contributed by atoms with Gasteiger partial charge in [-0.3, -0.25) is 9.98 Å². The number of aromatic nitrogens is 1. The van der Waals surface area contributed by atoms with Crippen LogP contribution in [0.1, 0.15) is 6.42 Å². The topological polar surface area (TPSA) is 61.3 Å². The third kappa shape index (κ3) is 5.20. The van der Waals surface area contributed by atoms with E-state index < -0.39 is 0 Å². The molecule has 5 nitrogen and oxygen atoms in total. The van der Waals surface area contributed by atoms with Gasteiger partial charge >= 0.3 is 0 Å². The van der Waals surface area contributed by atoms with Crippen molar-refractivity contribution in [1.82, 2.24) is 15.6 Å². The van der Waals surface area contributed by atoms with E-state index in [1.54, 1.807) is 12.4 Å². The number of aliphatic imine (C=N–C) groups is 1. The molecule has 0 aromatic carbocycles. The van der Waals surface area contributed by atoms with Gasteiger partial charge in [0.2, 0.25) is 0 Å². The predicted octanol–water partition coefficient (Wildman–Crippen LogP) is 1.05. The molecule has 0 fully saturated rings. The molecular formula is C11H18IN5. The standard InChI is InChI=1S/C11H17N5.HI/c1-4-14-11(15-5-1)16-9-8-13-10-2-6-12-7-3-10;/h2-3,6-7H,1,4-5,8-9H2,(H,12,13)(H2,14,15,16);1H. The van der Waals surface area contributed by atoms with Gasteiger partial charge in [0.05, 0.1) is 0 Å². The molecule has 94 valence electrons. The summed E-state index contributed by atoms with van der Waals surface area (Å²) in [6, 6.07) is 3.91. The molecular weight excluding hydrogens is 329 g/mol. The number of halogens is 1. The highest BCUT2D eigenvalue weighted by atomic mass is 127. The van der Waals surface area contributed by atoms with Crippen LogP contribution in [0.15, 0.2) is 29.5 Å². The Labute approximate surface area is 119 Å². The van der Waals surface area contributed by atoms with Gasteiger partial charge < -0.3 is 16.0 Å². The van der Waals surface area contributed by atoms with Crippen molar-refractivity contribution in [1.29, 1.82) is 0 Å². The van der Waals surface area contributed by atoms with Gasteiger partial charge in [-0.1, -0.05) is 0 Å². The first kappa shape index (κ1) is 14.0. The maximum Gasteiger partial charge on any atom is 0.191 e. The number of nitrogens with zero attached hydrogens (tertiary/aromatic N) is 2. The van der Waals surface area contributed by atoms with Gasteiger partial charge in [-0.25, -0.2) is 0 Å². The maximum absolute atomic E-state index is 4.33. The Morgan fingerprint density at radius 2 is 1.94 bits per heavy atom. The van der Waals surface area contributed by atoms with Gasteiger partial charge in [-0.15, -0.1) is 24.0 Å². The number of hydrogen-bond acceptors (Lipinski definition) is 5. The summed E-state index contributed by atoms with van der Waals surface area (Å²) in [5.74, 6) is 0.919. The second-order valence-corrected chi connectivity index (χ2v) is 3.60. The first-order valence-corrected chi connectivity index (χ1v) is 5.61. The average Bonchev–Trinajstić information content (AvgIpc) is 2.37. The molecule has 6 heteroatoms. The van der Waals surface area contributed by atoms with Crippen LogP contribution in [0.3, 0.4) is 0 Å². The van der Waals surface area contributed by atoms with Crippen LogP contribution in [-0.2, 0) is 0 Å². The highest BCUT2D eigenvalue weighted by molar-refractivity contribution is 14.0. The zero-order valence-corrected chi connectivity index (χ0v) is 12.0. The smallest absolute Gasteiger partial charge is 0.191 e. The van der Waals surface area contributed by atoms with Crippen LogP contribution in [0.5, 0.6) is 0 Å². The van der Waals surface area contributed by atoms with Crippen LogP contribution in [0, 0.1) is 0 Å². The zero-order valence-electron chi connectivity index (χ0n) is 9.65. The van der Waals surface area contributed by atoms with Crippen LogP contribution in [-0.4, -0.2) is 37.1 Å². The van der Waals surface area contributed by atoms with Crippen molar-refractivity contribution in [3.8, 4) is 0 Å². The first-order chi connectivity index (χ1) is 7.95. The van der Waals surface area contributed by atoms with Gasteiger partial charge in [-0.05, 0) is 18.6 Å². The summed E-state index contributed by atoms with van der Waals surface area (Å²) >= 11 is 0. The fourth-order valence-electron chi connectivity index (χ4n) is 1.51. The molecule has 2 rings (SSSR count). The summed E-state index contributed by atoms with van der Waals surface area (Å²) in [6.45, 7) is 3.66. The molecule has 0 saturated heterocycles. The number of nitrogens with one attached hydrogen (secondary N) is 3. The molecule has 0 unspecified atom stereocenters. The largest absolute Gasteiger partial charge is 0.383 e. The summed E-state index contributed by atoms with van der Waals surface area (Å²) in [5.41, 5.74) is 1.09. The van der Waals surface area contributed by atoms with E-state index in [-0.39, 0.29) is 24.0 Å². The third-order valence-electron chi connectivity index (χ3n) is 2.32. The Bertz CT molecular complexity index is 341. The van der Waals surface area contributed by atoms with E-state index >= 15 is 0 Å². The fraction of sp³-hybridized carbons (Fsp3) is 0.455. The summed E-state index contributed by atoms with van der Waals surface area (Å²) in [5, 5.41) is 9.77. The molecule has 1 aliphatic heterocycles. The quantitative estimate of drug-likeness (QED) is 0.563. The number of rotatable bonds is 4. The predicted molar refractivity (Wildman–Crippen MR) is 81.1 cm³/mol. The molecule has 0 amide bonds. The molecule has 2 heterocycles. The summed E-state index contributed by atoms with van der Waals surface area (Å²) in [4.78, 5) is 8.29. The summed E-state index contributed by atoms with van der Waals surface area (Å²) < 4.78 is 0. The third-order valence-corrected chi connectivity index (χ3v) is 2.32. The first-order valence-electron chi connectivity index (χ1n) is 5.61. The van der Waals surface area contributed by atoms with Crippen molar-refractivity contribution in [3.05, 3.63) is 24.5 Å². The van der Waals surface area contributed by atoms with E-state index in [2.05, 4.69) is 25.9 Å². The van der Waals surface area contributed by atoms with E-state index in [4.69, 9.17) is 0 Å². The Balaban J connectivity index is 0.00000144. The molecule has 17 heavy (non-hydrogen) atoms. The van der Waals surface area contributed by atoms with Crippen molar-refractivity contribution in [2.24, 2.45) is 4.99 Å². The lowest BCUT2D eigenvalue weighted by Crippen LogP contribution is -2.42. The zero-order chi connectivity index (χ0) is 11.1. The molecule has 0 saturated carbocycles. The molecule has 1 aromatic heterocycles. The van der Waals surface area contributed by atoms with Crippen molar-refractivity contribution < 1.29 is 0 Å². The molecule has 1 aromatic rings. The minimum atomic E-state index is 0. The monoisotopic (exact) mass is 347 g/mol. The Morgan fingerprint density at radius 3 is 2.65 bits per heavy atom. The number of hydrogen-bond donors (Lipinski definition) is 3. The molecule has 0 spiro atoms. The van der Waals surface area contributed by atoms with Gasteiger partial charge in [0.1, 0.15) is 0 Å². The van der Waals surface area contributed by atoms with Crippen LogP contribution < -0.4 is 16.0 Å². The van der Waals surface area contributed by atoms with Crippen LogP contribution in [0.25, 0.3) is 0 Å². The maximum atomic E-state index is 4.33. The summed E-state index contributed by atoms with van der Waals surface area (Å²) in [6.07, 6.45) is 4.69. The van der Waals surface area contributed by atoms with E-state index in [9.17, 15) is 0 Å². The Hall–Kier alpha value is -1.05. The molecule has 1 aliphatic rings. The van der Waals surface area contributed by atoms with E-state index in [0.29, 0.717) is 0 Å². The van der Waals surface area contributed by atoms with Crippen LogP contribution >= 0.6 is 24.0 Å². The molecule has 0 bridgehead atoms. The van der Waals surface area contributed by atoms with Crippen molar-refractivity contribution >= 4 is 35.6 Å². The van der Waals surface area contributed by atoms with E-state index in [0.717, 1.165) is 44.2 Å².